The minimum absolute atomic E-state index is 0.0868. The van der Waals surface area contributed by atoms with E-state index < -0.39 is 24.4 Å². The molecule has 0 aromatic heterocycles. The van der Waals surface area contributed by atoms with Gasteiger partial charge in [-0.2, -0.15) is 0 Å². The Bertz CT molecular complexity index is 1210. The quantitative estimate of drug-likeness (QED) is 0.399. The Morgan fingerprint density at radius 1 is 1.02 bits per heavy atom. The third-order valence-corrected chi connectivity index (χ3v) is 8.88. The van der Waals surface area contributed by atoms with E-state index in [1.807, 2.05) is 65.0 Å². The van der Waals surface area contributed by atoms with Crippen LogP contribution in [0.5, 0.6) is 5.75 Å². The summed E-state index contributed by atoms with van der Waals surface area (Å²) in [4.78, 5) is 27.5. The van der Waals surface area contributed by atoms with Crippen LogP contribution in [0, 0.1) is 18.8 Å². The molecule has 0 bridgehead atoms. The predicted molar refractivity (Wildman–Crippen MR) is 163 cm³/mol. The second-order valence-corrected chi connectivity index (χ2v) is 13.2. The van der Waals surface area contributed by atoms with Gasteiger partial charge in [0.15, 0.2) is 0 Å². The van der Waals surface area contributed by atoms with E-state index in [0.29, 0.717) is 25.2 Å². The summed E-state index contributed by atoms with van der Waals surface area (Å²) < 4.78 is 18.2. The monoisotopic (exact) mass is 562 g/mol. The van der Waals surface area contributed by atoms with Crippen molar-refractivity contribution in [3.05, 3.63) is 64.7 Å². The number of benzene rings is 2. The SMILES string of the molecule is COc1cc2c(cc1C)CC(C(=O)N[C@@H](Cc1ccccc1)C(=O)N[C@@H](CC(C)C)B1OC(C)(C)C(C)(C)O1)CC2. The standard InChI is InChI=1S/C33H47BN2O5/c1-21(2)16-29(34-40-32(4,5)33(6,7)41-34)36-31(38)27(18-23-12-10-9-11-13-23)35-30(37)25-15-14-24-20-28(39-8)22(3)17-26(24)19-25/h9-13,17,20-21,25,27,29H,14-16,18-19H2,1-8H3,(H,35,37)(H,36,38)/t25?,27-,29-/m0/s1. The lowest BCUT2D eigenvalue weighted by Gasteiger charge is -2.32. The van der Waals surface area contributed by atoms with Gasteiger partial charge in [0.05, 0.1) is 24.3 Å². The Morgan fingerprint density at radius 3 is 2.29 bits per heavy atom. The molecule has 2 amide bonds. The number of amides is 2. The van der Waals surface area contributed by atoms with E-state index in [2.05, 4.69) is 36.6 Å². The van der Waals surface area contributed by atoms with Crippen LogP contribution in [-0.2, 0) is 38.2 Å². The molecule has 1 unspecified atom stereocenters. The molecule has 2 N–H and O–H groups in total. The van der Waals surface area contributed by atoms with Crippen LogP contribution < -0.4 is 15.4 Å². The Balaban J connectivity index is 1.51. The van der Waals surface area contributed by atoms with Crippen LogP contribution in [0.2, 0.25) is 0 Å². The summed E-state index contributed by atoms with van der Waals surface area (Å²) in [5.41, 5.74) is 3.45. The maximum Gasteiger partial charge on any atom is 0.481 e. The second-order valence-electron chi connectivity index (χ2n) is 13.2. The average Bonchev–Trinajstić information content (AvgIpc) is 3.13. The first-order valence-electron chi connectivity index (χ1n) is 15.0. The Hall–Kier alpha value is -2.84. The molecule has 8 heteroatoms. The van der Waals surface area contributed by atoms with E-state index in [9.17, 15) is 9.59 Å². The van der Waals surface area contributed by atoms with Crippen molar-refractivity contribution in [1.29, 1.82) is 0 Å². The molecule has 7 nitrogen and oxygen atoms in total. The molecule has 2 aliphatic rings. The van der Waals surface area contributed by atoms with Crippen LogP contribution in [0.1, 0.15) is 76.6 Å². The predicted octanol–water partition coefficient (Wildman–Crippen LogP) is 5.00. The molecule has 1 heterocycles. The lowest BCUT2D eigenvalue weighted by molar-refractivity contribution is -0.131. The summed E-state index contributed by atoms with van der Waals surface area (Å²) in [5, 5.41) is 6.34. The molecule has 1 aliphatic heterocycles. The highest BCUT2D eigenvalue weighted by Gasteiger charge is 2.54. The maximum absolute atomic E-state index is 13.9. The minimum Gasteiger partial charge on any atom is -0.496 e. The second kappa shape index (κ2) is 12.6. The highest BCUT2D eigenvalue weighted by Crippen LogP contribution is 2.38. The van der Waals surface area contributed by atoms with E-state index in [1.54, 1.807) is 7.11 Å². The highest BCUT2D eigenvalue weighted by atomic mass is 16.7. The number of fused-ring (bicyclic) bond motifs is 1. The van der Waals surface area contributed by atoms with Gasteiger partial charge in [0, 0.05) is 12.3 Å². The smallest absolute Gasteiger partial charge is 0.481 e. The van der Waals surface area contributed by atoms with Crippen LogP contribution in [0.3, 0.4) is 0 Å². The van der Waals surface area contributed by atoms with Gasteiger partial charge in [-0.15, -0.1) is 0 Å². The number of ether oxygens (including phenoxy) is 1. The van der Waals surface area contributed by atoms with E-state index >= 15 is 0 Å². The lowest BCUT2D eigenvalue weighted by Crippen LogP contribution is -2.56. The van der Waals surface area contributed by atoms with Gasteiger partial charge in [0.1, 0.15) is 11.8 Å². The zero-order valence-electron chi connectivity index (χ0n) is 26.0. The molecule has 2 aromatic rings. The summed E-state index contributed by atoms with van der Waals surface area (Å²) in [6.45, 7) is 14.3. The van der Waals surface area contributed by atoms with Gasteiger partial charge < -0.3 is 24.7 Å². The Kier molecular flexibility index (Phi) is 9.54. The van der Waals surface area contributed by atoms with Gasteiger partial charge in [-0.3, -0.25) is 9.59 Å². The van der Waals surface area contributed by atoms with E-state index in [0.717, 1.165) is 29.7 Å². The average molecular weight is 563 g/mol. The van der Waals surface area contributed by atoms with E-state index in [4.69, 9.17) is 14.0 Å². The lowest BCUT2D eigenvalue weighted by atomic mass is 9.73. The molecular weight excluding hydrogens is 515 g/mol. The van der Waals surface area contributed by atoms with Crippen LogP contribution in [0.4, 0.5) is 0 Å². The van der Waals surface area contributed by atoms with E-state index in [-0.39, 0.29) is 23.7 Å². The summed E-state index contributed by atoms with van der Waals surface area (Å²) in [5.74, 6) is 0.333. The molecule has 3 atom stereocenters. The number of rotatable bonds is 10. The molecule has 41 heavy (non-hydrogen) atoms. The molecule has 1 saturated heterocycles. The van der Waals surface area contributed by atoms with Gasteiger partial charge in [-0.25, -0.2) is 0 Å². The van der Waals surface area contributed by atoms with Crippen molar-refractivity contribution in [1.82, 2.24) is 10.6 Å². The van der Waals surface area contributed by atoms with Crippen molar-refractivity contribution >= 4 is 18.9 Å². The van der Waals surface area contributed by atoms with Gasteiger partial charge in [-0.1, -0.05) is 50.2 Å². The fourth-order valence-electron chi connectivity index (χ4n) is 5.78. The summed E-state index contributed by atoms with van der Waals surface area (Å²) >= 11 is 0. The summed E-state index contributed by atoms with van der Waals surface area (Å²) in [6, 6.07) is 13.3. The Morgan fingerprint density at radius 2 is 1.68 bits per heavy atom. The topological polar surface area (TPSA) is 85.9 Å². The number of methoxy groups -OCH3 is 1. The fraction of sp³-hybridized carbons (Fsp3) is 0.576. The zero-order chi connectivity index (χ0) is 29.9. The first-order valence-corrected chi connectivity index (χ1v) is 15.0. The molecule has 222 valence electrons. The van der Waals surface area contributed by atoms with Gasteiger partial charge >= 0.3 is 7.12 Å². The first kappa shape index (κ1) is 31.1. The zero-order valence-corrected chi connectivity index (χ0v) is 26.0. The maximum atomic E-state index is 13.9. The number of aryl methyl sites for hydroxylation is 2. The van der Waals surface area contributed by atoms with Crippen molar-refractivity contribution in [3.8, 4) is 5.75 Å². The van der Waals surface area contributed by atoms with Crippen LogP contribution in [0.15, 0.2) is 42.5 Å². The molecule has 1 fully saturated rings. The fourth-order valence-corrected chi connectivity index (χ4v) is 5.78. The largest absolute Gasteiger partial charge is 0.496 e. The van der Waals surface area contributed by atoms with E-state index in [1.165, 1.54) is 11.1 Å². The number of nitrogens with one attached hydrogen (secondary N) is 2. The molecule has 0 radical (unpaired) electrons. The van der Waals surface area contributed by atoms with Gasteiger partial charge in [0.25, 0.3) is 0 Å². The number of carbonyl (C=O) groups excluding carboxylic acids is 2. The molecule has 2 aromatic carbocycles. The number of hydrogen-bond donors (Lipinski definition) is 2. The minimum atomic E-state index is -0.721. The number of carbonyl (C=O) groups is 2. The third kappa shape index (κ3) is 7.33. The molecular formula is C33H47BN2O5. The Labute approximate surface area is 246 Å². The third-order valence-electron chi connectivity index (χ3n) is 8.88. The molecule has 0 spiro atoms. The van der Waals surface area contributed by atoms with Crippen LogP contribution >= 0.6 is 0 Å². The molecule has 1 aliphatic carbocycles. The normalized spacial score (nSPS) is 20.7. The van der Waals surface area contributed by atoms with Crippen LogP contribution in [-0.4, -0.2) is 49.2 Å². The highest BCUT2D eigenvalue weighted by molar-refractivity contribution is 6.48. The van der Waals surface area contributed by atoms with Crippen LogP contribution in [0.25, 0.3) is 0 Å². The summed E-state index contributed by atoms with van der Waals surface area (Å²) in [6.07, 6.45) is 3.27. The van der Waals surface area contributed by atoms with Crippen molar-refractivity contribution in [2.24, 2.45) is 11.8 Å². The molecule has 4 rings (SSSR count). The number of hydrogen-bond acceptors (Lipinski definition) is 5. The van der Waals surface area contributed by atoms with Crippen molar-refractivity contribution in [3.63, 3.8) is 0 Å². The van der Waals surface area contributed by atoms with Crippen molar-refractivity contribution in [2.75, 3.05) is 7.11 Å². The summed E-state index contributed by atoms with van der Waals surface area (Å²) in [7, 11) is 1.11. The first-order chi connectivity index (χ1) is 19.3. The van der Waals surface area contributed by atoms with Gasteiger partial charge in [0.2, 0.25) is 11.8 Å². The van der Waals surface area contributed by atoms with Gasteiger partial charge in [-0.05, 0) is 94.5 Å². The van der Waals surface area contributed by atoms with Crippen molar-refractivity contribution in [2.45, 2.75) is 104 Å². The van der Waals surface area contributed by atoms with Crippen molar-refractivity contribution < 1.29 is 23.6 Å². The molecule has 0 saturated carbocycles.